The third-order valence-electron chi connectivity index (χ3n) is 5.44. The van der Waals surface area contributed by atoms with Crippen LogP contribution in [0.2, 0.25) is 0 Å². The summed E-state index contributed by atoms with van der Waals surface area (Å²) in [7, 11) is 0. The molecule has 36 heavy (non-hydrogen) atoms. The molecule has 1 atom stereocenters. The van der Waals surface area contributed by atoms with E-state index >= 15 is 0 Å². The number of anilines is 2. The van der Waals surface area contributed by atoms with E-state index in [4.69, 9.17) is 0 Å². The maximum Gasteiger partial charge on any atom is 0.269 e. The van der Waals surface area contributed by atoms with Gasteiger partial charge >= 0.3 is 0 Å². The predicted molar refractivity (Wildman–Crippen MR) is 135 cm³/mol. The first-order valence-corrected chi connectivity index (χ1v) is 11.7. The van der Waals surface area contributed by atoms with Crippen LogP contribution >= 0.6 is 11.8 Å². The van der Waals surface area contributed by atoms with Crippen LogP contribution in [-0.2, 0) is 16.0 Å². The van der Waals surface area contributed by atoms with Crippen molar-refractivity contribution in [3.05, 3.63) is 110 Å². The minimum Gasteiger partial charge on any atom is -0.321 e. The zero-order chi connectivity index (χ0) is 25.8. The third kappa shape index (κ3) is 5.26. The van der Waals surface area contributed by atoms with Crippen LogP contribution in [0.5, 0.6) is 0 Å². The van der Waals surface area contributed by atoms with Crippen molar-refractivity contribution in [1.29, 1.82) is 5.26 Å². The van der Waals surface area contributed by atoms with Gasteiger partial charge in [0.05, 0.1) is 10.2 Å². The maximum absolute atomic E-state index is 13.6. The molecule has 10 heteroatoms. The SMILES string of the molecule is Cc1ccc(NC(=O)/C(C#N)=C2\SC(Cc3cccc([N+](=O)[O-])c3)C(=O)N2c2ccc(F)cc2)cc1. The Balaban J connectivity index is 1.72. The van der Waals surface area contributed by atoms with Crippen molar-refractivity contribution in [2.45, 2.75) is 18.6 Å². The monoisotopic (exact) mass is 502 g/mol. The Hall–Kier alpha value is -4.49. The van der Waals surface area contributed by atoms with Crippen molar-refractivity contribution in [3.8, 4) is 6.07 Å². The molecule has 0 saturated carbocycles. The summed E-state index contributed by atoms with van der Waals surface area (Å²) >= 11 is 1.02. The molecule has 3 aromatic carbocycles. The molecule has 1 unspecified atom stereocenters. The summed E-state index contributed by atoms with van der Waals surface area (Å²) in [6.07, 6.45) is 0.130. The molecule has 1 saturated heterocycles. The average molecular weight is 503 g/mol. The molecule has 0 radical (unpaired) electrons. The van der Waals surface area contributed by atoms with Gasteiger partial charge in [0, 0.05) is 23.5 Å². The smallest absolute Gasteiger partial charge is 0.269 e. The van der Waals surface area contributed by atoms with Crippen LogP contribution in [-0.4, -0.2) is 22.0 Å². The van der Waals surface area contributed by atoms with E-state index in [0.29, 0.717) is 16.9 Å². The van der Waals surface area contributed by atoms with Gasteiger partial charge in [-0.2, -0.15) is 5.26 Å². The zero-order valence-corrected chi connectivity index (χ0v) is 19.8. The summed E-state index contributed by atoms with van der Waals surface area (Å²) in [4.78, 5) is 38.4. The summed E-state index contributed by atoms with van der Waals surface area (Å²) in [5.74, 6) is -1.63. The molecule has 0 aliphatic carbocycles. The lowest BCUT2D eigenvalue weighted by Crippen LogP contribution is -2.31. The highest BCUT2D eigenvalue weighted by molar-refractivity contribution is 8.05. The van der Waals surface area contributed by atoms with Gasteiger partial charge in [-0.25, -0.2) is 4.39 Å². The molecular weight excluding hydrogens is 483 g/mol. The van der Waals surface area contributed by atoms with E-state index in [1.165, 1.54) is 47.4 Å². The lowest BCUT2D eigenvalue weighted by Gasteiger charge is -2.18. The molecule has 1 N–H and O–H groups in total. The normalized spacial score (nSPS) is 16.4. The molecule has 4 rings (SSSR count). The number of nitro benzene ring substituents is 1. The first kappa shape index (κ1) is 24.6. The molecule has 2 amide bonds. The number of benzene rings is 3. The molecule has 0 bridgehead atoms. The number of aryl methyl sites for hydroxylation is 1. The number of non-ortho nitro benzene ring substituents is 1. The van der Waals surface area contributed by atoms with Crippen molar-refractivity contribution in [3.63, 3.8) is 0 Å². The van der Waals surface area contributed by atoms with Crippen molar-refractivity contribution >= 4 is 40.6 Å². The largest absolute Gasteiger partial charge is 0.321 e. The number of amides is 2. The number of carbonyl (C=O) groups is 2. The predicted octanol–water partition coefficient (Wildman–Crippen LogP) is 5.11. The van der Waals surface area contributed by atoms with Gasteiger partial charge in [0.25, 0.3) is 11.6 Å². The highest BCUT2D eigenvalue weighted by Crippen LogP contribution is 2.42. The number of rotatable bonds is 6. The van der Waals surface area contributed by atoms with E-state index in [2.05, 4.69) is 5.32 Å². The Morgan fingerprint density at radius 1 is 1.17 bits per heavy atom. The number of nitro groups is 1. The second kappa shape index (κ2) is 10.4. The van der Waals surface area contributed by atoms with E-state index in [1.54, 1.807) is 18.2 Å². The highest BCUT2D eigenvalue weighted by Gasteiger charge is 2.41. The quantitative estimate of drug-likeness (QED) is 0.217. The minimum atomic E-state index is -0.761. The number of hydrogen-bond acceptors (Lipinski definition) is 6. The van der Waals surface area contributed by atoms with Crippen molar-refractivity contribution in [1.82, 2.24) is 0 Å². The van der Waals surface area contributed by atoms with E-state index in [-0.39, 0.29) is 22.7 Å². The van der Waals surface area contributed by atoms with Crippen LogP contribution in [0.1, 0.15) is 11.1 Å². The lowest BCUT2D eigenvalue weighted by molar-refractivity contribution is -0.384. The molecule has 180 valence electrons. The second-order valence-corrected chi connectivity index (χ2v) is 9.19. The summed E-state index contributed by atoms with van der Waals surface area (Å²) in [6, 6.07) is 20.0. The number of hydrogen-bond donors (Lipinski definition) is 1. The topological polar surface area (TPSA) is 116 Å². The van der Waals surface area contributed by atoms with Gasteiger partial charge in [0.1, 0.15) is 22.5 Å². The van der Waals surface area contributed by atoms with Gasteiger partial charge in [-0.3, -0.25) is 24.6 Å². The molecule has 3 aromatic rings. The van der Waals surface area contributed by atoms with Crippen molar-refractivity contribution in [2.24, 2.45) is 0 Å². The van der Waals surface area contributed by atoms with Gasteiger partial charge in [0.15, 0.2) is 0 Å². The fraction of sp³-hybridized carbons (Fsp3) is 0.115. The van der Waals surface area contributed by atoms with E-state index in [9.17, 15) is 29.4 Å². The molecule has 0 spiro atoms. The molecular formula is C26H19FN4O4S. The highest BCUT2D eigenvalue weighted by atomic mass is 32.2. The number of halogens is 1. The average Bonchev–Trinajstić information content (AvgIpc) is 3.17. The maximum atomic E-state index is 13.6. The zero-order valence-electron chi connectivity index (χ0n) is 19.0. The van der Waals surface area contributed by atoms with E-state index < -0.39 is 27.8 Å². The second-order valence-electron chi connectivity index (χ2n) is 8.00. The van der Waals surface area contributed by atoms with E-state index in [1.807, 2.05) is 25.1 Å². The van der Waals surface area contributed by atoms with Crippen LogP contribution in [0.3, 0.4) is 0 Å². The molecule has 1 heterocycles. The van der Waals surface area contributed by atoms with Gasteiger partial charge in [-0.05, 0) is 55.3 Å². The van der Waals surface area contributed by atoms with Gasteiger partial charge in [-0.1, -0.05) is 41.6 Å². The molecule has 1 aliphatic rings. The van der Waals surface area contributed by atoms with Crippen molar-refractivity contribution in [2.75, 3.05) is 10.2 Å². The number of thioether (sulfide) groups is 1. The molecule has 8 nitrogen and oxygen atoms in total. The molecule has 0 aromatic heterocycles. The molecule has 1 aliphatic heterocycles. The minimum absolute atomic E-state index is 0.106. The summed E-state index contributed by atoms with van der Waals surface area (Å²) < 4.78 is 13.6. The fourth-order valence-corrected chi connectivity index (χ4v) is 4.96. The van der Waals surface area contributed by atoms with Crippen LogP contribution in [0.25, 0.3) is 0 Å². The Morgan fingerprint density at radius 2 is 1.86 bits per heavy atom. The van der Waals surface area contributed by atoms with Crippen LogP contribution in [0.15, 0.2) is 83.4 Å². The Kier molecular flexibility index (Phi) is 7.12. The molecule has 1 fully saturated rings. The Labute approximate surface area is 210 Å². The number of nitrogens with zero attached hydrogens (tertiary/aromatic N) is 3. The van der Waals surface area contributed by atoms with Crippen LogP contribution in [0, 0.1) is 34.2 Å². The number of nitriles is 1. The van der Waals surface area contributed by atoms with Gasteiger partial charge < -0.3 is 5.32 Å². The Bertz CT molecular complexity index is 1420. The van der Waals surface area contributed by atoms with E-state index in [0.717, 1.165) is 17.3 Å². The van der Waals surface area contributed by atoms with Crippen molar-refractivity contribution < 1.29 is 18.9 Å². The summed E-state index contributed by atoms with van der Waals surface area (Å²) in [5.41, 5.74) is 1.94. The lowest BCUT2D eigenvalue weighted by atomic mass is 10.1. The van der Waals surface area contributed by atoms with Gasteiger partial charge in [-0.15, -0.1) is 0 Å². The van der Waals surface area contributed by atoms with Crippen LogP contribution in [0.4, 0.5) is 21.5 Å². The first-order valence-electron chi connectivity index (χ1n) is 10.8. The summed E-state index contributed by atoms with van der Waals surface area (Å²) in [5, 5.41) is 23.1. The Morgan fingerprint density at radius 3 is 2.50 bits per heavy atom. The number of carbonyl (C=O) groups excluding carboxylic acids is 2. The summed E-state index contributed by atoms with van der Waals surface area (Å²) in [6.45, 7) is 1.90. The first-order chi connectivity index (χ1) is 17.3. The third-order valence-corrected chi connectivity index (χ3v) is 6.71. The number of nitrogens with one attached hydrogen (secondary N) is 1. The fourth-order valence-electron chi connectivity index (χ4n) is 3.65. The standard InChI is InChI=1S/C26H19FN4O4S/c1-16-5-9-19(10-6-16)29-24(32)22(15-28)26-30(20-11-7-18(27)8-12-20)25(33)23(36-26)14-17-3-2-4-21(13-17)31(34)35/h2-13,23H,14H2,1H3,(H,29,32)/b26-22-. The van der Waals surface area contributed by atoms with Gasteiger partial charge in [0.2, 0.25) is 5.91 Å². The van der Waals surface area contributed by atoms with Crippen LogP contribution < -0.4 is 10.2 Å².